The van der Waals surface area contributed by atoms with E-state index in [1.807, 2.05) is 0 Å². The average Bonchev–Trinajstić information content (AvgIpc) is 2.18. The van der Waals surface area contributed by atoms with E-state index in [0.29, 0.717) is 5.56 Å². The first kappa shape index (κ1) is 13.4. The fourth-order valence-corrected chi connectivity index (χ4v) is 1.83. The Kier molecular flexibility index (Phi) is 4.05. The molecule has 0 bridgehead atoms. The van der Waals surface area contributed by atoms with Crippen LogP contribution in [0.15, 0.2) is 24.3 Å². The molecule has 0 aliphatic rings. The molecular formula is C9H12N2O5S. The molecule has 0 aliphatic carbocycles. The Morgan fingerprint density at radius 2 is 1.88 bits per heavy atom. The van der Waals surface area contributed by atoms with Crippen molar-refractivity contribution in [3.63, 3.8) is 0 Å². The van der Waals surface area contributed by atoms with Crippen molar-refractivity contribution in [2.45, 2.75) is 12.5 Å². The molecule has 0 radical (unpaired) electrons. The van der Waals surface area contributed by atoms with Crippen LogP contribution in [0, 0.1) is 0 Å². The highest BCUT2D eigenvalue weighted by Crippen LogP contribution is 2.11. The standard InChI is InChI=1S/C9H12N2O5S/c10-17(15,16)11-8(9(13)14)5-6-1-3-7(12)4-2-6/h1-4,8,11-12H,5H2,(H,13,14)(H2,10,15,16)/t8-/m0/s1. The van der Waals surface area contributed by atoms with Crippen LogP contribution >= 0.6 is 0 Å². The number of phenolic OH excluding ortho intramolecular Hbond substituents is 1. The number of aliphatic carboxylic acids is 1. The van der Waals surface area contributed by atoms with Crippen LogP contribution in [0.1, 0.15) is 5.56 Å². The van der Waals surface area contributed by atoms with Crippen LogP contribution in [0.5, 0.6) is 5.75 Å². The summed E-state index contributed by atoms with van der Waals surface area (Å²) >= 11 is 0. The van der Waals surface area contributed by atoms with Crippen LogP contribution < -0.4 is 9.86 Å². The van der Waals surface area contributed by atoms with Gasteiger partial charge in [-0.1, -0.05) is 12.1 Å². The van der Waals surface area contributed by atoms with Gasteiger partial charge in [0.1, 0.15) is 11.8 Å². The Hall–Kier alpha value is -1.64. The Morgan fingerprint density at radius 1 is 1.35 bits per heavy atom. The Balaban J connectivity index is 2.80. The Labute approximate surface area is 98.1 Å². The second kappa shape index (κ2) is 5.13. The van der Waals surface area contributed by atoms with Gasteiger partial charge in [-0.3, -0.25) is 4.79 Å². The van der Waals surface area contributed by atoms with Crippen LogP contribution in [-0.4, -0.2) is 30.6 Å². The molecule has 1 atom stereocenters. The first-order valence-electron chi connectivity index (χ1n) is 4.59. The van der Waals surface area contributed by atoms with Crippen LogP contribution in [0.25, 0.3) is 0 Å². The maximum absolute atomic E-state index is 10.8. The molecule has 7 nitrogen and oxygen atoms in total. The lowest BCUT2D eigenvalue weighted by Crippen LogP contribution is -2.45. The Morgan fingerprint density at radius 3 is 2.29 bits per heavy atom. The number of benzene rings is 1. The number of hydrogen-bond acceptors (Lipinski definition) is 4. The summed E-state index contributed by atoms with van der Waals surface area (Å²) in [6.45, 7) is 0. The van der Waals surface area contributed by atoms with Gasteiger partial charge < -0.3 is 10.2 Å². The molecule has 17 heavy (non-hydrogen) atoms. The average molecular weight is 260 g/mol. The minimum absolute atomic E-state index is 0.0417. The third-order valence-electron chi connectivity index (χ3n) is 1.98. The maximum atomic E-state index is 10.8. The van der Waals surface area contributed by atoms with E-state index in [-0.39, 0.29) is 12.2 Å². The summed E-state index contributed by atoms with van der Waals surface area (Å²) in [7, 11) is -4.08. The van der Waals surface area contributed by atoms with Crippen molar-refractivity contribution in [2.24, 2.45) is 5.14 Å². The molecule has 1 aromatic rings. The van der Waals surface area contributed by atoms with Crippen molar-refractivity contribution in [3.8, 4) is 5.75 Å². The van der Waals surface area contributed by atoms with E-state index in [4.69, 9.17) is 15.4 Å². The SMILES string of the molecule is NS(=O)(=O)N[C@@H](Cc1ccc(O)cc1)C(=O)O. The number of carbonyl (C=O) groups is 1. The minimum atomic E-state index is -4.08. The van der Waals surface area contributed by atoms with E-state index in [1.54, 1.807) is 4.72 Å². The molecule has 0 saturated heterocycles. The summed E-state index contributed by atoms with van der Waals surface area (Å²) in [6, 6.07) is 4.41. The molecule has 8 heteroatoms. The van der Waals surface area contributed by atoms with Gasteiger partial charge in [-0.05, 0) is 24.1 Å². The van der Waals surface area contributed by atoms with E-state index >= 15 is 0 Å². The van der Waals surface area contributed by atoms with Crippen molar-refractivity contribution >= 4 is 16.2 Å². The molecule has 0 heterocycles. The number of hydrogen-bond donors (Lipinski definition) is 4. The molecular weight excluding hydrogens is 248 g/mol. The number of carboxylic acids is 1. The first-order chi connectivity index (χ1) is 7.78. The quantitative estimate of drug-likeness (QED) is 0.549. The molecule has 0 saturated carbocycles. The third kappa shape index (κ3) is 4.81. The zero-order valence-electron chi connectivity index (χ0n) is 8.70. The topological polar surface area (TPSA) is 130 Å². The van der Waals surface area contributed by atoms with Gasteiger partial charge in [0.2, 0.25) is 0 Å². The minimum Gasteiger partial charge on any atom is -0.508 e. The Bertz CT molecular complexity index is 497. The summed E-state index contributed by atoms with van der Waals surface area (Å²) in [4.78, 5) is 10.8. The van der Waals surface area contributed by atoms with Crippen LogP contribution in [0.3, 0.4) is 0 Å². The fraction of sp³-hybridized carbons (Fsp3) is 0.222. The second-order valence-corrected chi connectivity index (χ2v) is 4.75. The molecule has 0 amide bonds. The molecule has 0 spiro atoms. The molecule has 0 aromatic heterocycles. The number of carboxylic acid groups (broad SMARTS) is 1. The van der Waals surface area contributed by atoms with Crippen molar-refractivity contribution in [1.29, 1.82) is 0 Å². The van der Waals surface area contributed by atoms with Gasteiger partial charge in [0, 0.05) is 0 Å². The zero-order chi connectivity index (χ0) is 13.1. The predicted molar refractivity (Wildman–Crippen MR) is 59.5 cm³/mol. The third-order valence-corrected chi connectivity index (χ3v) is 2.59. The van der Waals surface area contributed by atoms with Crippen LogP contribution in [-0.2, 0) is 21.4 Å². The molecule has 94 valence electrons. The lowest BCUT2D eigenvalue weighted by Gasteiger charge is -2.12. The smallest absolute Gasteiger partial charge is 0.322 e. The summed E-state index contributed by atoms with van der Waals surface area (Å²) in [5.41, 5.74) is 0.561. The van der Waals surface area contributed by atoms with Crippen molar-refractivity contribution in [1.82, 2.24) is 4.72 Å². The predicted octanol–water partition coefficient (Wildman–Crippen LogP) is -0.819. The second-order valence-electron chi connectivity index (χ2n) is 3.42. The summed E-state index contributed by atoms with van der Waals surface area (Å²) in [6.07, 6.45) is -0.0634. The maximum Gasteiger partial charge on any atom is 0.322 e. The van der Waals surface area contributed by atoms with E-state index < -0.39 is 22.2 Å². The van der Waals surface area contributed by atoms with E-state index in [9.17, 15) is 13.2 Å². The summed E-state index contributed by atoms with van der Waals surface area (Å²) in [5, 5.41) is 22.6. The molecule has 0 aliphatic heterocycles. The van der Waals surface area contributed by atoms with E-state index in [1.165, 1.54) is 24.3 Å². The molecule has 5 N–H and O–H groups in total. The largest absolute Gasteiger partial charge is 0.508 e. The highest BCUT2D eigenvalue weighted by Gasteiger charge is 2.21. The van der Waals surface area contributed by atoms with Gasteiger partial charge in [-0.2, -0.15) is 13.1 Å². The molecule has 0 unspecified atom stereocenters. The highest BCUT2D eigenvalue weighted by atomic mass is 32.2. The van der Waals surface area contributed by atoms with Gasteiger partial charge >= 0.3 is 5.97 Å². The lowest BCUT2D eigenvalue weighted by molar-refractivity contribution is -0.138. The van der Waals surface area contributed by atoms with E-state index in [0.717, 1.165) is 0 Å². The van der Waals surface area contributed by atoms with Gasteiger partial charge in [-0.25, -0.2) is 5.14 Å². The number of aromatic hydroxyl groups is 1. The van der Waals surface area contributed by atoms with E-state index in [2.05, 4.69) is 0 Å². The number of rotatable bonds is 5. The lowest BCUT2D eigenvalue weighted by atomic mass is 10.1. The zero-order valence-corrected chi connectivity index (χ0v) is 9.52. The number of phenols is 1. The first-order valence-corrected chi connectivity index (χ1v) is 6.13. The number of nitrogens with two attached hydrogens (primary N) is 1. The van der Waals surface area contributed by atoms with Gasteiger partial charge in [0.05, 0.1) is 0 Å². The summed E-state index contributed by atoms with van der Waals surface area (Å²) in [5.74, 6) is -1.29. The monoisotopic (exact) mass is 260 g/mol. The van der Waals surface area contributed by atoms with Crippen molar-refractivity contribution < 1.29 is 23.4 Å². The van der Waals surface area contributed by atoms with Crippen LogP contribution in [0.4, 0.5) is 0 Å². The van der Waals surface area contributed by atoms with Crippen LogP contribution in [0.2, 0.25) is 0 Å². The molecule has 1 rings (SSSR count). The highest BCUT2D eigenvalue weighted by molar-refractivity contribution is 7.87. The number of nitrogens with one attached hydrogen (secondary N) is 1. The van der Waals surface area contributed by atoms with Crippen molar-refractivity contribution in [2.75, 3.05) is 0 Å². The van der Waals surface area contributed by atoms with Gasteiger partial charge in [-0.15, -0.1) is 0 Å². The molecule has 0 fully saturated rings. The fourth-order valence-electron chi connectivity index (χ4n) is 1.25. The summed E-state index contributed by atoms with van der Waals surface area (Å²) < 4.78 is 23.3. The van der Waals surface area contributed by atoms with Gasteiger partial charge in [0.15, 0.2) is 0 Å². The van der Waals surface area contributed by atoms with Gasteiger partial charge in [0.25, 0.3) is 10.2 Å². The normalized spacial score (nSPS) is 13.2. The molecule has 1 aromatic carbocycles. The van der Waals surface area contributed by atoms with Crippen molar-refractivity contribution in [3.05, 3.63) is 29.8 Å².